The fraction of sp³-hybridized carbons (Fsp3) is 0.368. The summed E-state index contributed by atoms with van der Waals surface area (Å²) >= 11 is 0. The van der Waals surface area contributed by atoms with E-state index in [9.17, 15) is 0 Å². The lowest BCUT2D eigenvalue weighted by atomic mass is 10.1. The molecule has 0 aromatic heterocycles. The van der Waals surface area contributed by atoms with Crippen LogP contribution in [0.1, 0.15) is 24.0 Å². The van der Waals surface area contributed by atoms with Crippen LogP contribution in [0, 0.1) is 0 Å². The van der Waals surface area contributed by atoms with Crippen molar-refractivity contribution in [3.05, 3.63) is 65.7 Å². The summed E-state index contributed by atoms with van der Waals surface area (Å²) in [7, 11) is 0. The van der Waals surface area contributed by atoms with E-state index in [1.165, 1.54) is 30.4 Å². The zero-order chi connectivity index (χ0) is 14.3. The topological polar surface area (TPSA) is 21.3 Å². The number of hydrogen-bond acceptors (Lipinski definition) is 2. The monoisotopic (exact) mass is 281 g/mol. The number of unbranched alkanes of at least 4 members (excludes halogenated alkanes) is 1. The summed E-state index contributed by atoms with van der Waals surface area (Å²) in [6.45, 7) is 2.02. The third kappa shape index (κ3) is 4.08. The lowest BCUT2D eigenvalue weighted by Gasteiger charge is -2.11. The van der Waals surface area contributed by atoms with Crippen LogP contribution in [0.25, 0.3) is 0 Å². The van der Waals surface area contributed by atoms with Gasteiger partial charge < -0.3 is 10.1 Å². The lowest BCUT2D eigenvalue weighted by molar-refractivity contribution is 0.227. The van der Waals surface area contributed by atoms with E-state index in [4.69, 9.17) is 4.74 Å². The van der Waals surface area contributed by atoms with Gasteiger partial charge in [-0.2, -0.15) is 0 Å². The van der Waals surface area contributed by atoms with E-state index >= 15 is 0 Å². The Hall–Kier alpha value is -1.80. The molecule has 2 aromatic carbocycles. The molecule has 1 atom stereocenters. The summed E-state index contributed by atoms with van der Waals surface area (Å²) in [5, 5.41) is 3.52. The smallest absolute Gasteiger partial charge is 0.123 e. The SMILES string of the molecule is c1ccc(CCCCNCC2Cc3ccccc3O2)cc1. The first-order valence-corrected chi connectivity index (χ1v) is 7.91. The second-order valence-corrected chi connectivity index (χ2v) is 5.70. The molecule has 0 spiro atoms. The van der Waals surface area contributed by atoms with Crippen molar-refractivity contribution in [2.75, 3.05) is 13.1 Å². The van der Waals surface area contributed by atoms with Crippen molar-refractivity contribution in [1.29, 1.82) is 0 Å². The number of hydrogen-bond donors (Lipinski definition) is 1. The van der Waals surface area contributed by atoms with Crippen LogP contribution in [0.5, 0.6) is 5.75 Å². The maximum atomic E-state index is 5.92. The van der Waals surface area contributed by atoms with Crippen LogP contribution in [-0.4, -0.2) is 19.2 Å². The van der Waals surface area contributed by atoms with Crippen molar-refractivity contribution in [3.63, 3.8) is 0 Å². The number of aryl methyl sites for hydroxylation is 1. The Morgan fingerprint density at radius 3 is 2.62 bits per heavy atom. The van der Waals surface area contributed by atoms with Crippen molar-refractivity contribution >= 4 is 0 Å². The number of rotatable bonds is 7. The third-order valence-electron chi connectivity index (χ3n) is 4.00. The molecule has 0 fully saturated rings. The normalized spacial score (nSPS) is 16.5. The van der Waals surface area contributed by atoms with Gasteiger partial charge in [-0.05, 0) is 43.0 Å². The highest BCUT2D eigenvalue weighted by molar-refractivity contribution is 5.37. The van der Waals surface area contributed by atoms with Gasteiger partial charge in [0.2, 0.25) is 0 Å². The predicted molar refractivity (Wildman–Crippen MR) is 86.8 cm³/mol. The largest absolute Gasteiger partial charge is 0.488 e. The minimum atomic E-state index is 0.302. The van der Waals surface area contributed by atoms with Gasteiger partial charge in [0.25, 0.3) is 0 Å². The first-order valence-electron chi connectivity index (χ1n) is 7.91. The average Bonchev–Trinajstić information content (AvgIpc) is 2.94. The highest BCUT2D eigenvalue weighted by atomic mass is 16.5. The van der Waals surface area contributed by atoms with Crippen LogP contribution < -0.4 is 10.1 Å². The van der Waals surface area contributed by atoms with Gasteiger partial charge in [0.05, 0.1) is 0 Å². The summed E-state index contributed by atoms with van der Waals surface area (Å²) in [6, 6.07) is 19.1. The Morgan fingerprint density at radius 1 is 0.952 bits per heavy atom. The van der Waals surface area contributed by atoms with Gasteiger partial charge in [-0.15, -0.1) is 0 Å². The molecule has 110 valence electrons. The molecular weight excluding hydrogens is 258 g/mol. The second-order valence-electron chi connectivity index (χ2n) is 5.70. The van der Waals surface area contributed by atoms with E-state index in [0.29, 0.717) is 6.10 Å². The van der Waals surface area contributed by atoms with E-state index in [-0.39, 0.29) is 0 Å². The Kier molecular flexibility index (Phi) is 4.90. The highest BCUT2D eigenvalue weighted by Gasteiger charge is 2.21. The molecule has 0 saturated carbocycles. The summed E-state index contributed by atoms with van der Waals surface area (Å²) in [6.07, 6.45) is 4.97. The maximum absolute atomic E-state index is 5.92. The molecule has 2 aromatic rings. The predicted octanol–water partition coefficient (Wildman–Crippen LogP) is 3.60. The minimum Gasteiger partial charge on any atom is -0.488 e. The Bertz CT molecular complexity index is 528. The van der Waals surface area contributed by atoms with E-state index in [0.717, 1.165) is 25.3 Å². The van der Waals surface area contributed by atoms with Gasteiger partial charge in [0, 0.05) is 13.0 Å². The van der Waals surface area contributed by atoms with Crippen LogP contribution in [0.15, 0.2) is 54.6 Å². The first kappa shape index (κ1) is 14.2. The average molecular weight is 281 g/mol. The fourth-order valence-electron chi connectivity index (χ4n) is 2.85. The van der Waals surface area contributed by atoms with Crippen molar-refractivity contribution < 1.29 is 4.74 Å². The molecule has 1 aliphatic rings. The molecule has 21 heavy (non-hydrogen) atoms. The maximum Gasteiger partial charge on any atom is 0.123 e. The Morgan fingerprint density at radius 2 is 1.76 bits per heavy atom. The van der Waals surface area contributed by atoms with Gasteiger partial charge in [-0.3, -0.25) is 0 Å². The zero-order valence-electron chi connectivity index (χ0n) is 12.4. The molecule has 1 aliphatic heterocycles. The van der Waals surface area contributed by atoms with Gasteiger partial charge in [0.1, 0.15) is 11.9 Å². The molecule has 0 amide bonds. The molecule has 1 N–H and O–H groups in total. The third-order valence-corrected chi connectivity index (χ3v) is 4.00. The van der Waals surface area contributed by atoms with E-state index in [1.54, 1.807) is 0 Å². The van der Waals surface area contributed by atoms with Crippen molar-refractivity contribution in [1.82, 2.24) is 5.32 Å². The number of ether oxygens (including phenoxy) is 1. The quantitative estimate of drug-likeness (QED) is 0.783. The van der Waals surface area contributed by atoms with Gasteiger partial charge >= 0.3 is 0 Å². The summed E-state index contributed by atoms with van der Waals surface area (Å²) < 4.78 is 5.92. The molecular formula is C19H23NO. The Balaban J connectivity index is 1.28. The first-order chi connectivity index (χ1) is 10.4. The molecule has 2 nitrogen and oxygen atoms in total. The summed E-state index contributed by atoms with van der Waals surface area (Å²) in [4.78, 5) is 0. The molecule has 1 heterocycles. The minimum absolute atomic E-state index is 0.302. The highest BCUT2D eigenvalue weighted by Crippen LogP contribution is 2.27. The number of fused-ring (bicyclic) bond motifs is 1. The van der Waals surface area contributed by atoms with E-state index < -0.39 is 0 Å². The standard InChI is InChI=1S/C19H23NO/c1-2-8-16(9-3-1)10-6-7-13-20-15-18-14-17-11-4-5-12-19(17)21-18/h1-5,8-9,11-12,18,20H,6-7,10,13-15H2. The van der Waals surface area contributed by atoms with Gasteiger partial charge in [-0.1, -0.05) is 48.5 Å². The summed E-state index contributed by atoms with van der Waals surface area (Å²) in [5.74, 6) is 1.06. The molecule has 0 radical (unpaired) electrons. The molecule has 3 rings (SSSR count). The Labute approximate surface area is 127 Å². The number of benzene rings is 2. The lowest BCUT2D eigenvalue weighted by Crippen LogP contribution is -2.30. The fourth-order valence-corrected chi connectivity index (χ4v) is 2.85. The molecule has 0 bridgehead atoms. The van der Waals surface area contributed by atoms with Crippen LogP contribution in [-0.2, 0) is 12.8 Å². The molecule has 2 heteroatoms. The molecule has 1 unspecified atom stereocenters. The van der Waals surface area contributed by atoms with Crippen LogP contribution in [0.2, 0.25) is 0 Å². The van der Waals surface area contributed by atoms with Crippen LogP contribution in [0.3, 0.4) is 0 Å². The van der Waals surface area contributed by atoms with Crippen LogP contribution in [0.4, 0.5) is 0 Å². The van der Waals surface area contributed by atoms with Crippen molar-refractivity contribution in [2.45, 2.75) is 31.8 Å². The number of nitrogens with one attached hydrogen (secondary N) is 1. The van der Waals surface area contributed by atoms with E-state index in [2.05, 4.69) is 53.8 Å². The molecule has 0 saturated heterocycles. The number of para-hydroxylation sites is 1. The van der Waals surface area contributed by atoms with Crippen molar-refractivity contribution in [3.8, 4) is 5.75 Å². The second kappa shape index (κ2) is 7.28. The molecule has 0 aliphatic carbocycles. The van der Waals surface area contributed by atoms with Gasteiger partial charge in [0.15, 0.2) is 0 Å². The van der Waals surface area contributed by atoms with E-state index in [1.807, 2.05) is 6.07 Å². The zero-order valence-corrected chi connectivity index (χ0v) is 12.4. The van der Waals surface area contributed by atoms with Crippen LogP contribution >= 0.6 is 0 Å². The van der Waals surface area contributed by atoms with Gasteiger partial charge in [-0.25, -0.2) is 0 Å². The summed E-state index contributed by atoms with van der Waals surface area (Å²) in [5.41, 5.74) is 2.78. The van der Waals surface area contributed by atoms with Crippen molar-refractivity contribution in [2.24, 2.45) is 0 Å².